The molecule has 0 bridgehead atoms. The molecule has 1 atom stereocenters. The highest BCUT2D eigenvalue weighted by Crippen LogP contribution is 2.27. The van der Waals surface area contributed by atoms with Gasteiger partial charge in [-0.1, -0.05) is 38.3 Å². The Balaban J connectivity index is 1.90. The fourth-order valence-electron chi connectivity index (χ4n) is 2.91. The maximum Gasteiger partial charge on any atom is 0.119 e. The Morgan fingerprint density at radius 1 is 1.21 bits per heavy atom. The van der Waals surface area contributed by atoms with Gasteiger partial charge >= 0.3 is 0 Å². The van der Waals surface area contributed by atoms with Gasteiger partial charge < -0.3 is 9.47 Å². The molecule has 2 heteroatoms. The van der Waals surface area contributed by atoms with Gasteiger partial charge in [0.05, 0.1) is 12.7 Å². The van der Waals surface area contributed by atoms with E-state index < -0.39 is 0 Å². The minimum atomic E-state index is 0.179. The zero-order valence-electron chi connectivity index (χ0n) is 12.2. The Morgan fingerprint density at radius 2 is 2.00 bits per heavy atom. The fourth-order valence-corrected chi connectivity index (χ4v) is 2.91. The van der Waals surface area contributed by atoms with Crippen molar-refractivity contribution < 1.29 is 9.47 Å². The number of ether oxygens (including phenoxy) is 2. The normalized spacial score (nSPS) is 18.2. The summed E-state index contributed by atoms with van der Waals surface area (Å²) in [5.41, 5.74) is 1.21. The molecule has 19 heavy (non-hydrogen) atoms. The van der Waals surface area contributed by atoms with E-state index in [-0.39, 0.29) is 6.10 Å². The van der Waals surface area contributed by atoms with E-state index in [0.29, 0.717) is 0 Å². The van der Waals surface area contributed by atoms with Gasteiger partial charge in [0.2, 0.25) is 0 Å². The van der Waals surface area contributed by atoms with Crippen molar-refractivity contribution in [1.29, 1.82) is 0 Å². The second-order valence-corrected chi connectivity index (χ2v) is 5.52. The summed E-state index contributed by atoms with van der Waals surface area (Å²) in [5, 5.41) is 0. The Kier molecular flexibility index (Phi) is 5.71. The first kappa shape index (κ1) is 14.4. The monoisotopic (exact) mass is 262 g/mol. The van der Waals surface area contributed by atoms with E-state index in [1.165, 1.54) is 37.7 Å². The van der Waals surface area contributed by atoms with Crippen LogP contribution in [-0.4, -0.2) is 13.7 Å². The van der Waals surface area contributed by atoms with Crippen LogP contribution >= 0.6 is 0 Å². The number of hydrogen-bond acceptors (Lipinski definition) is 2. The smallest absolute Gasteiger partial charge is 0.119 e. The standard InChI is InChI=1S/C17H26O2/c1-3-17(18-2)15-10-7-11-16(12-15)19-13-14-8-5-4-6-9-14/h7,10-12,14,17H,3-6,8-9,13H2,1-2H3. The Labute approximate surface area is 117 Å². The molecule has 2 rings (SSSR count). The van der Waals surface area contributed by atoms with Crippen LogP contribution in [0.4, 0.5) is 0 Å². The third-order valence-electron chi connectivity index (χ3n) is 4.10. The molecular formula is C17H26O2. The lowest BCUT2D eigenvalue weighted by molar-refractivity contribution is 0.0996. The van der Waals surface area contributed by atoms with Crippen molar-refractivity contribution in [3.63, 3.8) is 0 Å². The highest BCUT2D eigenvalue weighted by atomic mass is 16.5. The van der Waals surface area contributed by atoms with Gasteiger partial charge in [0.15, 0.2) is 0 Å². The van der Waals surface area contributed by atoms with E-state index in [0.717, 1.165) is 24.7 Å². The van der Waals surface area contributed by atoms with Crippen molar-refractivity contribution in [2.24, 2.45) is 5.92 Å². The van der Waals surface area contributed by atoms with Crippen LogP contribution in [0.25, 0.3) is 0 Å². The molecule has 0 N–H and O–H groups in total. The second kappa shape index (κ2) is 7.54. The second-order valence-electron chi connectivity index (χ2n) is 5.52. The zero-order valence-corrected chi connectivity index (χ0v) is 12.2. The van der Waals surface area contributed by atoms with E-state index in [1.54, 1.807) is 7.11 Å². The van der Waals surface area contributed by atoms with Gasteiger partial charge in [-0.25, -0.2) is 0 Å². The molecular weight excluding hydrogens is 236 g/mol. The van der Waals surface area contributed by atoms with Crippen molar-refractivity contribution in [3.05, 3.63) is 29.8 Å². The van der Waals surface area contributed by atoms with Gasteiger partial charge in [0.1, 0.15) is 5.75 Å². The minimum absolute atomic E-state index is 0.179. The topological polar surface area (TPSA) is 18.5 Å². The highest BCUT2D eigenvalue weighted by Gasteiger charge is 2.14. The zero-order chi connectivity index (χ0) is 13.5. The van der Waals surface area contributed by atoms with E-state index >= 15 is 0 Å². The van der Waals surface area contributed by atoms with Crippen LogP contribution in [0.5, 0.6) is 5.75 Å². The van der Waals surface area contributed by atoms with Crippen molar-refractivity contribution in [2.45, 2.75) is 51.6 Å². The summed E-state index contributed by atoms with van der Waals surface area (Å²) < 4.78 is 11.4. The minimum Gasteiger partial charge on any atom is -0.493 e. The van der Waals surface area contributed by atoms with Gasteiger partial charge in [-0.05, 0) is 42.9 Å². The third kappa shape index (κ3) is 4.24. The summed E-state index contributed by atoms with van der Waals surface area (Å²) in [7, 11) is 1.77. The lowest BCUT2D eigenvalue weighted by Crippen LogP contribution is -2.15. The molecule has 0 amide bonds. The van der Waals surface area contributed by atoms with Crippen molar-refractivity contribution in [3.8, 4) is 5.75 Å². The van der Waals surface area contributed by atoms with Gasteiger partial charge in [-0.15, -0.1) is 0 Å². The van der Waals surface area contributed by atoms with Gasteiger partial charge in [0.25, 0.3) is 0 Å². The van der Waals surface area contributed by atoms with Gasteiger partial charge in [0, 0.05) is 7.11 Å². The van der Waals surface area contributed by atoms with Gasteiger partial charge in [-0.2, -0.15) is 0 Å². The molecule has 0 saturated heterocycles. The van der Waals surface area contributed by atoms with Gasteiger partial charge in [-0.3, -0.25) is 0 Å². The van der Waals surface area contributed by atoms with E-state index in [4.69, 9.17) is 9.47 Å². The van der Waals surface area contributed by atoms with Crippen molar-refractivity contribution >= 4 is 0 Å². The number of rotatable bonds is 6. The molecule has 0 spiro atoms. The maximum absolute atomic E-state index is 5.97. The summed E-state index contributed by atoms with van der Waals surface area (Å²) in [5.74, 6) is 1.74. The SMILES string of the molecule is CCC(OC)c1cccc(OCC2CCCCC2)c1. The van der Waals surface area contributed by atoms with E-state index in [1.807, 2.05) is 0 Å². The van der Waals surface area contributed by atoms with Crippen LogP contribution in [-0.2, 0) is 4.74 Å². The Hall–Kier alpha value is -1.02. The molecule has 0 heterocycles. The molecule has 1 fully saturated rings. The first-order chi connectivity index (χ1) is 9.33. The number of benzene rings is 1. The fraction of sp³-hybridized carbons (Fsp3) is 0.647. The molecule has 106 valence electrons. The summed E-state index contributed by atoms with van der Waals surface area (Å²) in [6.45, 7) is 3.01. The molecule has 0 radical (unpaired) electrons. The number of hydrogen-bond donors (Lipinski definition) is 0. The lowest BCUT2D eigenvalue weighted by Gasteiger charge is -2.22. The molecule has 1 aromatic rings. The predicted molar refractivity (Wildman–Crippen MR) is 78.6 cm³/mol. The third-order valence-corrected chi connectivity index (χ3v) is 4.10. The lowest BCUT2D eigenvalue weighted by atomic mass is 9.90. The Bertz CT molecular complexity index is 365. The van der Waals surface area contributed by atoms with E-state index in [9.17, 15) is 0 Å². The molecule has 1 aromatic carbocycles. The largest absolute Gasteiger partial charge is 0.493 e. The average Bonchev–Trinajstić information content (AvgIpc) is 2.48. The first-order valence-electron chi connectivity index (χ1n) is 7.59. The number of methoxy groups -OCH3 is 1. The average molecular weight is 262 g/mol. The van der Waals surface area contributed by atoms with Crippen LogP contribution in [0.3, 0.4) is 0 Å². The molecule has 2 nitrogen and oxygen atoms in total. The quantitative estimate of drug-likeness (QED) is 0.737. The molecule has 0 aliphatic heterocycles. The van der Waals surface area contributed by atoms with Crippen LogP contribution in [0.15, 0.2) is 24.3 Å². The molecule has 1 unspecified atom stereocenters. The summed E-state index contributed by atoms with van der Waals surface area (Å²) in [6, 6.07) is 8.35. The van der Waals surface area contributed by atoms with Crippen LogP contribution < -0.4 is 4.74 Å². The van der Waals surface area contributed by atoms with Crippen molar-refractivity contribution in [2.75, 3.05) is 13.7 Å². The van der Waals surface area contributed by atoms with Crippen molar-refractivity contribution in [1.82, 2.24) is 0 Å². The summed E-state index contributed by atoms with van der Waals surface area (Å²) >= 11 is 0. The Morgan fingerprint density at radius 3 is 2.68 bits per heavy atom. The summed E-state index contributed by atoms with van der Waals surface area (Å²) in [4.78, 5) is 0. The van der Waals surface area contributed by atoms with E-state index in [2.05, 4.69) is 31.2 Å². The van der Waals surface area contributed by atoms with Crippen LogP contribution in [0, 0.1) is 5.92 Å². The van der Waals surface area contributed by atoms with Crippen LogP contribution in [0.2, 0.25) is 0 Å². The van der Waals surface area contributed by atoms with Crippen LogP contribution in [0.1, 0.15) is 57.1 Å². The highest BCUT2D eigenvalue weighted by molar-refractivity contribution is 5.30. The molecule has 1 aliphatic carbocycles. The first-order valence-corrected chi connectivity index (χ1v) is 7.59. The molecule has 0 aromatic heterocycles. The maximum atomic E-state index is 5.97. The predicted octanol–water partition coefficient (Wildman–Crippen LogP) is 4.74. The molecule has 1 saturated carbocycles. The molecule has 1 aliphatic rings. The summed E-state index contributed by atoms with van der Waals surface area (Å²) in [6.07, 6.45) is 7.97.